The van der Waals surface area contributed by atoms with Crippen molar-refractivity contribution in [2.24, 2.45) is 4.99 Å². The molecule has 0 aliphatic carbocycles. The normalized spacial score (nSPS) is 13.3. The van der Waals surface area contributed by atoms with Gasteiger partial charge in [0.2, 0.25) is 6.79 Å². The van der Waals surface area contributed by atoms with E-state index >= 15 is 0 Å². The summed E-state index contributed by atoms with van der Waals surface area (Å²) in [6, 6.07) is 9.03. The number of aryl methyl sites for hydroxylation is 1. The first-order valence-electron chi connectivity index (χ1n) is 9.04. The smallest absolute Gasteiger partial charge is 0.307 e. The average Bonchev–Trinajstić information content (AvgIpc) is 3.47. The number of rotatable bonds is 4. The van der Waals surface area contributed by atoms with Gasteiger partial charge in [0.15, 0.2) is 16.3 Å². The van der Waals surface area contributed by atoms with Crippen LogP contribution >= 0.6 is 22.7 Å². The maximum Gasteiger partial charge on any atom is 0.307 e. The van der Waals surface area contributed by atoms with Crippen LogP contribution < -0.4 is 14.3 Å². The molecule has 5 rings (SSSR count). The van der Waals surface area contributed by atoms with E-state index < -0.39 is 0 Å². The molecule has 30 heavy (non-hydrogen) atoms. The lowest BCUT2D eigenvalue weighted by atomic mass is 10.2. The monoisotopic (exact) mass is 441 g/mol. The number of esters is 1. The molecule has 152 valence electrons. The molecule has 0 unspecified atom stereocenters. The minimum Gasteiger partial charge on any atom is -0.469 e. The van der Waals surface area contributed by atoms with Crippen LogP contribution in [0.5, 0.6) is 11.5 Å². The summed E-state index contributed by atoms with van der Waals surface area (Å²) in [6.45, 7) is 0.497. The second-order valence-corrected chi connectivity index (χ2v) is 8.38. The van der Waals surface area contributed by atoms with E-state index in [0.717, 1.165) is 20.4 Å². The van der Waals surface area contributed by atoms with Crippen LogP contribution in [0.2, 0.25) is 0 Å². The van der Waals surface area contributed by atoms with Gasteiger partial charge in [0.1, 0.15) is 0 Å². The molecule has 0 bridgehead atoms. The molecule has 1 aliphatic heterocycles. The topological polar surface area (TPSA) is 92.0 Å². The SMILES string of the molecule is COC(=O)CCn1c(=NC(=O)c2ccc3ncsc3c2)sc2cc3c(cc21)OCO3. The van der Waals surface area contributed by atoms with Crippen LogP contribution in [0, 0.1) is 0 Å². The second kappa shape index (κ2) is 7.54. The fourth-order valence-corrected chi connectivity index (χ4v) is 4.99. The van der Waals surface area contributed by atoms with Gasteiger partial charge in [-0.2, -0.15) is 4.99 Å². The van der Waals surface area contributed by atoms with Gasteiger partial charge in [-0.3, -0.25) is 9.59 Å². The first-order valence-corrected chi connectivity index (χ1v) is 10.7. The number of ether oxygens (including phenoxy) is 3. The van der Waals surface area contributed by atoms with Crippen molar-refractivity contribution in [1.82, 2.24) is 9.55 Å². The number of thiazole rings is 2. The Morgan fingerprint density at radius 1 is 1.20 bits per heavy atom. The van der Waals surface area contributed by atoms with Crippen LogP contribution in [-0.4, -0.2) is 35.3 Å². The van der Waals surface area contributed by atoms with Crippen molar-refractivity contribution in [3.8, 4) is 11.5 Å². The first-order chi connectivity index (χ1) is 14.6. The maximum absolute atomic E-state index is 12.9. The zero-order valence-corrected chi connectivity index (χ0v) is 17.4. The van der Waals surface area contributed by atoms with Gasteiger partial charge in [-0.25, -0.2) is 4.98 Å². The number of aromatic nitrogens is 2. The summed E-state index contributed by atoms with van der Waals surface area (Å²) in [5.41, 5.74) is 3.89. The molecule has 0 fully saturated rings. The summed E-state index contributed by atoms with van der Waals surface area (Å²) in [5, 5.41) is 0. The molecular formula is C20H15N3O5S2. The molecule has 10 heteroatoms. The van der Waals surface area contributed by atoms with Gasteiger partial charge in [-0.05, 0) is 18.2 Å². The second-order valence-electron chi connectivity index (χ2n) is 6.49. The molecule has 2 aromatic heterocycles. The Kier molecular flexibility index (Phi) is 4.72. The summed E-state index contributed by atoms with van der Waals surface area (Å²) in [4.78, 5) is 33.7. The van der Waals surface area contributed by atoms with Gasteiger partial charge < -0.3 is 18.8 Å². The Bertz CT molecular complexity index is 1370. The number of hydrogen-bond acceptors (Lipinski definition) is 8. The standard InChI is InChI=1S/C20H15N3O5S2/c1-26-18(24)4-5-23-13-7-14-15(28-10-27-14)8-17(13)30-20(23)22-19(25)11-2-3-12-16(6-11)29-9-21-12/h2-3,6-9H,4-5,10H2,1H3. The molecule has 0 radical (unpaired) electrons. The largest absolute Gasteiger partial charge is 0.469 e. The summed E-state index contributed by atoms with van der Waals surface area (Å²) in [5.74, 6) is 0.581. The predicted molar refractivity (Wildman–Crippen MR) is 112 cm³/mol. The minimum absolute atomic E-state index is 0.158. The zero-order valence-electron chi connectivity index (χ0n) is 15.8. The van der Waals surface area contributed by atoms with Gasteiger partial charge >= 0.3 is 5.97 Å². The molecule has 0 atom stereocenters. The molecular weight excluding hydrogens is 426 g/mol. The predicted octanol–water partition coefficient (Wildman–Crippen LogP) is 3.35. The molecule has 8 nitrogen and oxygen atoms in total. The van der Waals surface area contributed by atoms with E-state index in [-0.39, 0.29) is 25.1 Å². The number of methoxy groups -OCH3 is 1. The highest BCUT2D eigenvalue weighted by molar-refractivity contribution is 7.17. The van der Waals surface area contributed by atoms with Crippen LogP contribution in [-0.2, 0) is 16.1 Å². The Balaban J connectivity index is 1.60. The molecule has 1 aliphatic rings. The molecule has 0 spiro atoms. The third kappa shape index (κ3) is 3.33. The van der Waals surface area contributed by atoms with Gasteiger partial charge in [0, 0.05) is 24.2 Å². The average molecular weight is 441 g/mol. The molecule has 4 aromatic rings. The highest BCUT2D eigenvalue weighted by Crippen LogP contribution is 2.37. The van der Waals surface area contributed by atoms with Gasteiger partial charge in [0.25, 0.3) is 5.91 Å². The number of carbonyl (C=O) groups is 2. The van der Waals surface area contributed by atoms with Crippen LogP contribution in [0.15, 0.2) is 40.8 Å². The number of hydrogen-bond donors (Lipinski definition) is 0. The maximum atomic E-state index is 12.9. The van der Waals surface area contributed by atoms with Crippen molar-refractivity contribution in [1.29, 1.82) is 0 Å². The Morgan fingerprint density at radius 3 is 2.87 bits per heavy atom. The Labute approximate surface area is 178 Å². The minimum atomic E-state index is -0.358. The fourth-order valence-electron chi connectivity index (χ4n) is 3.21. The third-order valence-corrected chi connectivity index (χ3v) is 6.55. The summed E-state index contributed by atoms with van der Waals surface area (Å²) in [7, 11) is 1.35. The number of carbonyl (C=O) groups excluding carboxylic acids is 2. The number of benzene rings is 2. The third-order valence-electron chi connectivity index (χ3n) is 4.72. The fraction of sp³-hybridized carbons (Fsp3) is 0.200. The van der Waals surface area contributed by atoms with E-state index in [2.05, 4.69) is 9.98 Å². The zero-order chi connectivity index (χ0) is 20.7. The van der Waals surface area contributed by atoms with Crippen molar-refractivity contribution < 1.29 is 23.8 Å². The quantitative estimate of drug-likeness (QED) is 0.451. The van der Waals surface area contributed by atoms with E-state index in [1.165, 1.54) is 29.8 Å². The molecule has 0 saturated heterocycles. The van der Waals surface area contributed by atoms with E-state index in [4.69, 9.17) is 14.2 Å². The molecule has 2 aromatic carbocycles. The van der Waals surface area contributed by atoms with E-state index in [1.807, 2.05) is 22.8 Å². The summed E-state index contributed by atoms with van der Waals surface area (Å²) < 4.78 is 19.3. The Hall–Kier alpha value is -3.24. The van der Waals surface area contributed by atoms with Crippen LogP contribution in [0.25, 0.3) is 20.4 Å². The highest BCUT2D eigenvalue weighted by Gasteiger charge is 2.19. The molecule has 3 heterocycles. The number of fused-ring (bicyclic) bond motifs is 3. The molecule has 0 N–H and O–H groups in total. The number of amides is 1. The van der Waals surface area contributed by atoms with Crippen LogP contribution in [0.1, 0.15) is 16.8 Å². The first kappa shape index (κ1) is 18.8. The lowest BCUT2D eigenvalue weighted by Gasteiger charge is -2.05. The van der Waals surface area contributed by atoms with Crippen molar-refractivity contribution >= 4 is 55.0 Å². The van der Waals surface area contributed by atoms with Crippen LogP contribution in [0.4, 0.5) is 0 Å². The molecule has 0 saturated carbocycles. The summed E-state index contributed by atoms with van der Waals surface area (Å²) >= 11 is 2.83. The van der Waals surface area contributed by atoms with Crippen LogP contribution in [0.3, 0.4) is 0 Å². The lowest BCUT2D eigenvalue weighted by molar-refractivity contribution is -0.140. The van der Waals surface area contributed by atoms with E-state index in [9.17, 15) is 9.59 Å². The summed E-state index contributed by atoms with van der Waals surface area (Å²) in [6.07, 6.45) is 0.158. The van der Waals surface area contributed by atoms with E-state index in [1.54, 1.807) is 17.6 Å². The van der Waals surface area contributed by atoms with Crippen molar-refractivity contribution in [2.75, 3.05) is 13.9 Å². The van der Waals surface area contributed by atoms with Crippen molar-refractivity contribution in [3.63, 3.8) is 0 Å². The van der Waals surface area contributed by atoms with E-state index in [0.29, 0.717) is 28.4 Å². The van der Waals surface area contributed by atoms with Crippen molar-refractivity contribution in [2.45, 2.75) is 13.0 Å². The number of nitrogens with zero attached hydrogens (tertiary/aromatic N) is 3. The highest BCUT2D eigenvalue weighted by atomic mass is 32.1. The van der Waals surface area contributed by atoms with Gasteiger partial charge in [-0.15, -0.1) is 11.3 Å². The molecule has 1 amide bonds. The van der Waals surface area contributed by atoms with Crippen molar-refractivity contribution in [3.05, 3.63) is 46.2 Å². The van der Waals surface area contributed by atoms with Gasteiger partial charge in [-0.1, -0.05) is 11.3 Å². The lowest BCUT2D eigenvalue weighted by Crippen LogP contribution is -2.19. The van der Waals surface area contributed by atoms with Gasteiger partial charge in [0.05, 0.1) is 39.5 Å². The Morgan fingerprint density at radius 2 is 2.03 bits per heavy atom.